The smallest absolute Gasteiger partial charge is 0.149 e. The Morgan fingerprint density at radius 2 is 2.11 bits per heavy atom. The average molecular weight is 306 g/mol. The maximum Gasteiger partial charge on any atom is 0.149 e. The fourth-order valence-electron chi connectivity index (χ4n) is 1.92. The molecule has 0 aliphatic heterocycles. The predicted molar refractivity (Wildman–Crippen MR) is 78.0 cm³/mol. The monoisotopic (exact) mass is 305 g/mol. The van der Waals surface area contributed by atoms with E-state index in [0.717, 1.165) is 22.9 Å². The summed E-state index contributed by atoms with van der Waals surface area (Å²) in [5.74, 6) is 0.317. The number of alkyl halides is 1. The number of halogens is 1. The van der Waals surface area contributed by atoms with Crippen molar-refractivity contribution in [2.24, 2.45) is 5.92 Å². The number of carbonyl (C=O) groups is 1. The van der Waals surface area contributed by atoms with Gasteiger partial charge in [0.05, 0.1) is 10.3 Å². The first-order valence-corrected chi connectivity index (χ1v) is 7.01. The largest absolute Gasteiger partial charge is 0.298 e. The zero-order valence-corrected chi connectivity index (χ0v) is 12.1. The topological polar surface area (TPSA) is 30.0 Å². The van der Waals surface area contributed by atoms with Crippen LogP contribution in [0.15, 0.2) is 36.5 Å². The number of fused-ring (bicyclic) bond motifs is 1. The fourth-order valence-corrected chi connectivity index (χ4v) is 2.82. The molecule has 1 aromatic carbocycles. The van der Waals surface area contributed by atoms with E-state index >= 15 is 0 Å². The van der Waals surface area contributed by atoms with Crippen LogP contribution < -0.4 is 0 Å². The van der Waals surface area contributed by atoms with Gasteiger partial charge >= 0.3 is 0 Å². The van der Waals surface area contributed by atoms with Gasteiger partial charge in [-0.05, 0) is 30.2 Å². The van der Waals surface area contributed by atoms with Crippen LogP contribution in [-0.2, 0) is 11.2 Å². The lowest BCUT2D eigenvalue weighted by molar-refractivity contribution is -0.121. The Morgan fingerprint density at radius 1 is 1.33 bits per heavy atom. The average Bonchev–Trinajstić information content (AvgIpc) is 2.37. The van der Waals surface area contributed by atoms with Gasteiger partial charge in [0.25, 0.3) is 0 Å². The first-order valence-electron chi connectivity index (χ1n) is 6.09. The van der Waals surface area contributed by atoms with Gasteiger partial charge in [0, 0.05) is 17.5 Å². The lowest BCUT2D eigenvalue weighted by atomic mass is 10.00. The van der Waals surface area contributed by atoms with Crippen molar-refractivity contribution in [2.45, 2.75) is 25.1 Å². The Morgan fingerprint density at radius 3 is 2.83 bits per heavy atom. The number of nitrogens with zero attached hydrogens (tertiary/aromatic N) is 1. The van der Waals surface area contributed by atoms with Crippen molar-refractivity contribution >= 4 is 32.6 Å². The van der Waals surface area contributed by atoms with Gasteiger partial charge in [0.1, 0.15) is 5.78 Å². The predicted octanol–water partition coefficient (Wildman–Crippen LogP) is 3.77. The van der Waals surface area contributed by atoms with E-state index in [-0.39, 0.29) is 16.5 Å². The lowest BCUT2D eigenvalue weighted by Gasteiger charge is -2.11. The Balaban J connectivity index is 2.19. The normalized spacial score (nSPS) is 12.9. The molecule has 3 heteroatoms. The first-order chi connectivity index (χ1) is 8.58. The van der Waals surface area contributed by atoms with Crippen molar-refractivity contribution in [1.82, 2.24) is 4.98 Å². The molecule has 0 aliphatic carbocycles. The highest BCUT2D eigenvalue weighted by molar-refractivity contribution is 9.10. The molecule has 0 spiro atoms. The van der Waals surface area contributed by atoms with E-state index in [0.29, 0.717) is 0 Å². The summed E-state index contributed by atoms with van der Waals surface area (Å²) in [7, 11) is 0. The van der Waals surface area contributed by atoms with Gasteiger partial charge in [0.2, 0.25) is 0 Å². The van der Waals surface area contributed by atoms with E-state index in [4.69, 9.17) is 0 Å². The summed E-state index contributed by atoms with van der Waals surface area (Å²) < 4.78 is 0. The number of rotatable bonds is 4. The second kappa shape index (κ2) is 5.61. The van der Waals surface area contributed by atoms with Gasteiger partial charge in [-0.2, -0.15) is 0 Å². The molecule has 2 nitrogen and oxygen atoms in total. The Labute approximate surface area is 116 Å². The summed E-state index contributed by atoms with van der Waals surface area (Å²) in [4.78, 5) is 16.0. The number of carbonyl (C=O) groups excluding carboxylic acids is 1. The number of hydrogen-bond acceptors (Lipinski definition) is 2. The van der Waals surface area contributed by atoms with Gasteiger partial charge in [-0.3, -0.25) is 9.78 Å². The second-order valence-electron chi connectivity index (χ2n) is 4.76. The zero-order valence-electron chi connectivity index (χ0n) is 10.6. The standard InChI is InChI=1S/C15H16BrNO/c1-10(2)15(18)13(16)9-11-5-6-14-12(8-11)4-3-7-17-14/h3-8,10,13H,9H2,1-2H3. The second-order valence-corrected chi connectivity index (χ2v) is 5.86. The number of ketones is 1. The number of pyridine rings is 1. The van der Waals surface area contributed by atoms with E-state index in [1.54, 1.807) is 6.20 Å². The SMILES string of the molecule is CC(C)C(=O)C(Br)Cc1ccc2ncccc2c1. The number of hydrogen-bond donors (Lipinski definition) is 0. The molecular weight excluding hydrogens is 290 g/mol. The Kier molecular flexibility index (Phi) is 4.12. The molecular formula is C15H16BrNO. The molecule has 0 N–H and O–H groups in total. The molecule has 0 aliphatic rings. The molecule has 1 heterocycles. The van der Waals surface area contributed by atoms with Crippen molar-refractivity contribution < 1.29 is 4.79 Å². The van der Waals surface area contributed by atoms with Crippen LogP contribution in [0.3, 0.4) is 0 Å². The van der Waals surface area contributed by atoms with E-state index < -0.39 is 0 Å². The van der Waals surface area contributed by atoms with Crippen LogP contribution >= 0.6 is 15.9 Å². The molecule has 0 saturated carbocycles. The molecule has 0 bridgehead atoms. The third-order valence-corrected chi connectivity index (χ3v) is 3.74. The molecule has 2 aromatic rings. The Bertz CT molecular complexity index is 565. The third kappa shape index (κ3) is 2.96. The molecule has 0 saturated heterocycles. The van der Waals surface area contributed by atoms with Crippen molar-refractivity contribution in [3.8, 4) is 0 Å². The molecule has 0 radical (unpaired) electrons. The number of aromatic nitrogens is 1. The highest BCUT2D eigenvalue weighted by Gasteiger charge is 2.18. The minimum atomic E-state index is -0.105. The molecule has 0 amide bonds. The summed E-state index contributed by atoms with van der Waals surface area (Å²) in [6.45, 7) is 3.86. The van der Waals surface area contributed by atoms with Crippen LogP contribution in [0, 0.1) is 5.92 Å². The van der Waals surface area contributed by atoms with Crippen LogP contribution in [0.1, 0.15) is 19.4 Å². The van der Waals surface area contributed by atoms with Crippen LogP contribution in [0.5, 0.6) is 0 Å². The summed E-state index contributed by atoms with van der Waals surface area (Å²) in [5, 5.41) is 1.12. The summed E-state index contributed by atoms with van der Waals surface area (Å²) in [6, 6.07) is 10.1. The van der Waals surface area contributed by atoms with Gasteiger partial charge in [-0.1, -0.05) is 41.9 Å². The van der Waals surface area contributed by atoms with Gasteiger partial charge in [0.15, 0.2) is 0 Å². The summed E-state index contributed by atoms with van der Waals surface area (Å²) in [6.07, 6.45) is 2.51. The molecule has 1 atom stereocenters. The molecule has 18 heavy (non-hydrogen) atoms. The van der Waals surface area contributed by atoms with Gasteiger partial charge < -0.3 is 0 Å². The Hall–Kier alpha value is -1.22. The van der Waals surface area contributed by atoms with Crippen molar-refractivity contribution in [3.05, 3.63) is 42.1 Å². The minimum Gasteiger partial charge on any atom is -0.298 e. The number of Topliss-reactive ketones (excluding diaryl/α,β-unsaturated/α-hetero) is 1. The molecule has 94 valence electrons. The highest BCUT2D eigenvalue weighted by atomic mass is 79.9. The van der Waals surface area contributed by atoms with Crippen LogP contribution in [0.25, 0.3) is 10.9 Å². The first kappa shape index (κ1) is 13.2. The number of benzene rings is 1. The van der Waals surface area contributed by atoms with Gasteiger partial charge in [-0.15, -0.1) is 0 Å². The van der Waals surface area contributed by atoms with Crippen molar-refractivity contribution in [2.75, 3.05) is 0 Å². The van der Waals surface area contributed by atoms with Crippen molar-refractivity contribution in [3.63, 3.8) is 0 Å². The maximum atomic E-state index is 11.9. The molecule has 1 aromatic heterocycles. The van der Waals surface area contributed by atoms with Crippen LogP contribution in [0.2, 0.25) is 0 Å². The van der Waals surface area contributed by atoms with Crippen molar-refractivity contribution in [1.29, 1.82) is 0 Å². The van der Waals surface area contributed by atoms with Gasteiger partial charge in [-0.25, -0.2) is 0 Å². The molecule has 0 fully saturated rings. The maximum absolute atomic E-state index is 11.9. The highest BCUT2D eigenvalue weighted by Crippen LogP contribution is 2.18. The summed E-state index contributed by atoms with van der Waals surface area (Å²) in [5.41, 5.74) is 2.15. The minimum absolute atomic E-state index is 0.0662. The van der Waals surface area contributed by atoms with E-state index in [1.807, 2.05) is 38.1 Å². The van der Waals surface area contributed by atoms with E-state index in [1.165, 1.54) is 0 Å². The molecule has 1 unspecified atom stereocenters. The third-order valence-electron chi connectivity index (χ3n) is 2.96. The zero-order chi connectivity index (χ0) is 13.1. The van der Waals surface area contributed by atoms with Crippen LogP contribution in [-0.4, -0.2) is 15.6 Å². The van der Waals surface area contributed by atoms with E-state index in [9.17, 15) is 4.79 Å². The quantitative estimate of drug-likeness (QED) is 0.805. The fraction of sp³-hybridized carbons (Fsp3) is 0.333. The lowest BCUT2D eigenvalue weighted by Crippen LogP contribution is -2.21. The molecule has 2 rings (SSSR count). The van der Waals surface area contributed by atoms with Crippen LogP contribution in [0.4, 0.5) is 0 Å². The van der Waals surface area contributed by atoms with E-state index in [2.05, 4.69) is 27.0 Å². The summed E-state index contributed by atoms with van der Waals surface area (Å²) >= 11 is 3.48.